The van der Waals surface area contributed by atoms with Crippen molar-refractivity contribution < 1.29 is 48.3 Å². The second-order valence-corrected chi connectivity index (χ2v) is 20.3. The number of aromatic nitrogens is 4. The van der Waals surface area contributed by atoms with Crippen LogP contribution in [0.1, 0.15) is 93.1 Å². The average molecular weight is 965 g/mol. The van der Waals surface area contributed by atoms with Crippen LogP contribution in [0.2, 0.25) is 0 Å². The van der Waals surface area contributed by atoms with Crippen LogP contribution < -0.4 is 5.73 Å². The third kappa shape index (κ3) is 13.9. The van der Waals surface area contributed by atoms with Gasteiger partial charge in [-0.15, -0.1) is 5.10 Å². The number of carbonyl (C=O) groups is 3. The monoisotopic (exact) mass is 965 g/mol. The van der Waals surface area contributed by atoms with E-state index in [0.717, 1.165) is 12.0 Å². The highest BCUT2D eigenvalue weighted by Crippen LogP contribution is 2.40. The van der Waals surface area contributed by atoms with Gasteiger partial charge in [-0.2, -0.15) is 0 Å². The SMILES string of the molecule is CC[C@H]1OC(=O)[C@H](C)C(OC(=O)Cc2cccnc2)[C@@H](C)[C@@H](O[C@@H]2O[C@H](C)CC(N(C)C)C2O)[C@](C)(OC)C[C@@H](C)CN(C)[C@H](C)[C@@H](N(C=O)CCCCn2cc(-c3cccc(N)c3)nn2)[C@]1(C)O. The summed E-state index contributed by atoms with van der Waals surface area (Å²) in [4.78, 5) is 51.8. The van der Waals surface area contributed by atoms with Crippen molar-refractivity contribution in [2.45, 2.75) is 167 Å². The summed E-state index contributed by atoms with van der Waals surface area (Å²) in [5.74, 6) is -3.25. The highest BCUT2D eigenvalue weighted by molar-refractivity contribution is 5.76. The number of anilines is 1. The number of nitrogens with zero attached hydrogens (tertiary/aromatic N) is 7. The number of cyclic esters (lactones) is 1. The molecule has 1 amide bonds. The predicted octanol–water partition coefficient (Wildman–Crippen LogP) is 4.61. The molecule has 3 aromatic rings. The first-order chi connectivity index (χ1) is 32.6. The maximum Gasteiger partial charge on any atom is 0.312 e. The fourth-order valence-electron chi connectivity index (χ4n) is 10.6. The largest absolute Gasteiger partial charge is 0.461 e. The molecule has 1 aromatic carbocycles. The van der Waals surface area contributed by atoms with E-state index in [4.69, 9.17) is 29.4 Å². The molecule has 4 heterocycles. The van der Waals surface area contributed by atoms with Crippen LogP contribution in [-0.4, -0.2) is 171 Å². The lowest BCUT2D eigenvalue weighted by molar-refractivity contribution is -0.302. The Kier molecular flexibility index (Phi) is 19.7. The Morgan fingerprint density at radius 3 is 2.48 bits per heavy atom. The van der Waals surface area contributed by atoms with E-state index in [1.54, 1.807) is 55.1 Å². The lowest BCUT2D eigenvalue weighted by Gasteiger charge is -2.48. The van der Waals surface area contributed by atoms with E-state index in [1.807, 2.05) is 91.1 Å². The average Bonchev–Trinajstić information content (AvgIpc) is 3.79. The number of likely N-dealkylation sites (N-methyl/N-ethyl adjacent to an activating group) is 2. The number of aliphatic hydroxyl groups is 2. The van der Waals surface area contributed by atoms with Gasteiger partial charge in [-0.05, 0) is 118 Å². The number of aryl methyl sites for hydroxylation is 1. The Morgan fingerprint density at radius 2 is 1.84 bits per heavy atom. The molecule has 2 aromatic heterocycles. The molecule has 2 aliphatic heterocycles. The molecule has 4 N–H and O–H groups in total. The molecule has 0 bridgehead atoms. The van der Waals surface area contributed by atoms with Gasteiger partial charge in [-0.25, -0.2) is 0 Å². The molecule has 69 heavy (non-hydrogen) atoms. The highest BCUT2D eigenvalue weighted by Gasteiger charge is 2.52. The minimum Gasteiger partial charge on any atom is -0.461 e. The fraction of sp³-hybridized carbons (Fsp3) is 0.686. The lowest BCUT2D eigenvalue weighted by atomic mass is 9.77. The molecule has 0 radical (unpaired) electrons. The molecule has 5 rings (SSSR count). The quantitative estimate of drug-likeness (QED) is 0.0774. The number of aliphatic hydroxyl groups excluding tert-OH is 1. The van der Waals surface area contributed by atoms with Crippen molar-refractivity contribution in [3.8, 4) is 11.3 Å². The summed E-state index contributed by atoms with van der Waals surface area (Å²) in [6, 6.07) is 9.38. The standard InChI is InChI=1S/C51H80N8O10/c1-13-42-51(8,64)46(58(31-60)22-14-15-23-59-30-40(54-55-59)38-19-16-20-39(52)26-38)36(6)57(11)29-32(2)27-50(7,65-12)47(69-49-44(62)41(56(9)10)24-33(3)66-49)34(4)45(35(5)48(63)67-42)68-43(61)25-37-18-17-21-53-28-37/h16-21,26,28,30-36,41-42,44-47,49,62,64H,13-15,22-25,27,29,52H2,1-12H3/t32-,33-,34-,35-,36-,41?,42-,44?,45?,46-,47-,49+,50-,51-/m1/s1. The number of amides is 1. The van der Waals surface area contributed by atoms with Gasteiger partial charge in [0.15, 0.2) is 6.29 Å². The Morgan fingerprint density at radius 1 is 1.10 bits per heavy atom. The van der Waals surface area contributed by atoms with Gasteiger partial charge in [0.25, 0.3) is 0 Å². The molecule has 18 nitrogen and oxygen atoms in total. The van der Waals surface area contributed by atoms with Gasteiger partial charge < -0.3 is 54.3 Å². The third-order valence-electron chi connectivity index (χ3n) is 14.5. The minimum absolute atomic E-state index is 0.0875. The van der Waals surface area contributed by atoms with Crippen molar-refractivity contribution >= 4 is 24.0 Å². The van der Waals surface area contributed by atoms with Crippen molar-refractivity contribution in [1.29, 1.82) is 0 Å². The van der Waals surface area contributed by atoms with Crippen LogP contribution in [0.15, 0.2) is 55.0 Å². The smallest absolute Gasteiger partial charge is 0.312 e. The van der Waals surface area contributed by atoms with Gasteiger partial charge in [0.05, 0.1) is 42.4 Å². The summed E-state index contributed by atoms with van der Waals surface area (Å²) in [7, 11) is 7.36. The summed E-state index contributed by atoms with van der Waals surface area (Å²) >= 11 is 0. The van der Waals surface area contributed by atoms with Crippen molar-refractivity contribution in [3.63, 3.8) is 0 Å². The maximum absolute atomic E-state index is 14.8. The Hall–Kier alpha value is -4.56. The van der Waals surface area contributed by atoms with Crippen LogP contribution >= 0.6 is 0 Å². The Balaban J connectivity index is 1.50. The summed E-state index contributed by atoms with van der Waals surface area (Å²) in [5.41, 5.74) is 5.94. The number of rotatable bonds is 16. The molecular formula is C51H80N8O10. The van der Waals surface area contributed by atoms with Crippen molar-refractivity contribution in [2.24, 2.45) is 17.8 Å². The van der Waals surface area contributed by atoms with Crippen molar-refractivity contribution in [3.05, 3.63) is 60.6 Å². The van der Waals surface area contributed by atoms with Crippen LogP contribution in [0.4, 0.5) is 5.69 Å². The normalized spacial score (nSPS) is 33.2. The number of carbonyl (C=O) groups excluding carboxylic acids is 3. The van der Waals surface area contributed by atoms with Crippen molar-refractivity contribution in [1.82, 2.24) is 34.7 Å². The van der Waals surface area contributed by atoms with Crippen LogP contribution in [0.25, 0.3) is 11.3 Å². The van der Waals surface area contributed by atoms with Crippen LogP contribution in [0.3, 0.4) is 0 Å². The van der Waals surface area contributed by atoms with Gasteiger partial charge in [-0.1, -0.05) is 44.2 Å². The van der Waals surface area contributed by atoms with E-state index >= 15 is 0 Å². The molecular weight excluding hydrogens is 885 g/mol. The minimum atomic E-state index is -1.76. The van der Waals surface area contributed by atoms with E-state index in [9.17, 15) is 24.6 Å². The van der Waals surface area contributed by atoms with Crippen LogP contribution in [-0.2, 0) is 51.0 Å². The molecule has 14 atom stereocenters. The summed E-state index contributed by atoms with van der Waals surface area (Å²) in [6.07, 6.45) is 2.59. The molecule has 2 saturated heterocycles. The summed E-state index contributed by atoms with van der Waals surface area (Å²) in [5, 5.41) is 33.3. The van der Waals surface area contributed by atoms with Gasteiger partial charge >= 0.3 is 11.9 Å². The molecule has 2 fully saturated rings. The first-order valence-electron chi connectivity index (χ1n) is 24.5. The Labute approximate surface area is 409 Å². The van der Waals surface area contributed by atoms with E-state index < -0.39 is 77.8 Å². The first-order valence-corrected chi connectivity index (χ1v) is 24.5. The van der Waals surface area contributed by atoms with Crippen LogP contribution in [0.5, 0.6) is 0 Å². The van der Waals surface area contributed by atoms with Crippen molar-refractivity contribution in [2.75, 3.05) is 47.1 Å². The molecule has 384 valence electrons. The first kappa shape index (κ1) is 55.4. The molecule has 3 unspecified atom stereocenters. The number of nitrogen functional groups attached to an aromatic ring is 1. The van der Waals surface area contributed by atoms with E-state index in [0.29, 0.717) is 62.3 Å². The zero-order valence-electron chi connectivity index (χ0n) is 42.9. The van der Waals surface area contributed by atoms with E-state index in [1.165, 1.54) is 0 Å². The topological polar surface area (TPSA) is 217 Å². The highest BCUT2D eigenvalue weighted by atomic mass is 16.7. The number of methoxy groups -OCH3 is 1. The number of pyridine rings is 1. The number of unbranched alkanes of at least 4 members (excludes halogenated alkanes) is 1. The molecule has 0 aliphatic carbocycles. The number of hydrogen-bond acceptors (Lipinski definition) is 16. The van der Waals surface area contributed by atoms with Crippen LogP contribution in [0, 0.1) is 17.8 Å². The summed E-state index contributed by atoms with van der Waals surface area (Å²) in [6.45, 7) is 16.2. The maximum atomic E-state index is 14.8. The van der Waals surface area contributed by atoms with Gasteiger partial charge in [0.2, 0.25) is 6.41 Å². The second kappa shape index (κ2) is 24.5. The number of esters is 2. The molecule has 2 aliphatic rings. The van der Waals surface area contributed by atoms with E-state index in [-0.39, 0.29) is 30.9 Å². The number of nitrogens with two attached hydrogens (primary N) is 1. The zero-order valence-corrected chi connectivity index (χ0v) is 42.9. The van der Waals surface area contributed by atoms with Gasteiger partial charge in [-0.3, -0.25) is 24.0 Å². The third-order valence-corrected chi connectivity index (χ3v) is 14.5. The fourth-order valence-corrected chi connectivity index (χ4v) is 10.6. The molecule has 18 heteroatoms. The molecule has 0 saturated carbocycles. The number of hydrogen-bond donors (Lipinski definition) is 3. The van der Waals surface area contributed by atoms with Gasteiger partial charge in [0.1, 0.15) is 29.6 Å². The number of ether oxygens (including phenoxy) is 5. The second-order valence-electron chi connectivity index (χ2n) is 20.3. The summed E-state index contributed by atoms with van der Waals surface area (Å²) < 4.78 is 34.2. The predicted molar refractivity (Wildman–Crippen MR) is 261 cm³/mol. The Bertz CT molecular complexity index is 2090. The number of benzene rings is 1. The lowest BCUT2D eigenvalue weighted by Crippen LogP contribution is -2.65. The van der Waals surface area contributed by atoms with E-state index in [2.05, 4.69) is 27.1 Å². The molecule has 0 spiro atoms. The van der Waals surface area contributed by atoms with Gasteiger partial charge in [0, 0.05) is 68.4 Å². The zero-order chi connectivity index (χ0) is 50.8.